The van der Waals surface area contributed by atoms with Gasteiger partial charge in [0.05, 0.1) is 0 Å². The van der Waals surface area contributed by atoms with Crippen LogP contribution in [0.5, 0.6) is 0 Å². The minimum Gasteiger partial charge on any atom is -0.338 e. The molecule has 0 aromatic heterocycles. The van der Waals surface area contributed by atoms with Crippen LogP contribution in [0, 0.1) is 3.57 Å². The van der Waals surface area contributed by atoms with Gasteiger partial charge in [0.1, 0.15) is 0 Å². The summed E-state index contributed by atoms with van der Waals surface area (Å²) in [4.78, 5) is 11.1. The molecule has 1 aromatic carbocycles. The highest BCUT2D eigenvalue weighted by molar-refractivity contribution is 14.1. The van der Waals surface area contributed by atoms with Crippen molar-refractivity contribution in [1.29, 1.82) is 0 Å². The molecule has 3 nitrogen and oxygen atoms in total. The van der Waals surface area contributed by atoms with Gasteiger partial charge in [0.15, 0.2) is 0 Å². The lowest BCUT2D eigenvalue weighted by molar-refractivity contribution is 0.252. The van der Waals surface area contributed by atoms with E-state index in [-0.39, 0.29) is 6.03 Å². The average molecular weight is 290 g/mol. The van der Waals surface area contributed by atoms with Gasteiger partial charge in [-0.05, 0) is 53.8 Å². The summed E-state index contributed by atoms with van der Waals surface area (Å²) in [6.07, 6.45) is 0. The summed E-state index contributed by atoms with van der Waals surface area (Å²) >= 11 is 2.22. The van der Waals surface area contributed by atoms with E-state index >= 15 is 0 Å². The van der Waals surface area contributed by atoms with Crippen molar-refractivity contribution >= 4 is 34.3 Å². The number of amides is 2. The molecule has 2 amide bonds. The van der Waals surface area contributed by atoms with Crippen LogP contribution in [-0.2, 0) is 0 Å². The van der Waals surface area contributed by atoms with Gasteiger partial charge in [-0.1, -0.05) is 0 Å². The van der Waals surface area contributed by atoms with Crippen LogP contribution in [0.2, 0.25) is 0 Å². The van der Waals surface area contributed by atoms with Crippen molar-refractivity contribution in [2.24, 2.45) is 0 Å². The Morgan fingerprint density at radius 1 is 1.38 bits per heavy atom. The summed E-state index contributed by atoms with van der Waals surface area (Å²) in [6.45, 7) is 2.52. The molecule has 1 rings (SSSR count). The van der Waals surface area contributed by atoms with Gasteiger partial charge >= 0.3 is 6.03 Å². The quantitative estimate of drug-likeness (QED) is 0.807. The molecule has 0 saturated heterocycles. The van der Waals surface area contributed by atoms with E-state index in [1.165, 1.54) is 0 Å². The van der Waals surface area contributed by atoms with Crippen LogP contribution in [0.15, 0.2) is 24.3 Å². The molecule has 0 radical (unpaired) electrons. The van der Waals surface area contributed by atoms with Crippen molar-refractivity contribution in [2.45, 2.75) is 6.92 Å². The maximum absolute atomic E-state index is 11.1. The van der Waals surface area contributed by atoms with Crippen LogP contribution in [0.25, 0.3) is 0 Å². The second kappa shape index (κ2) is 5.06. The lowest BCUT2D eigenvalue weighted by Gasteiger charge is -2.04. The maximum Gasteiger partial charge on any atom is 0.319 e. The maximum atomic E-state index is 11.1. The number of carbonyl (C=O) groups is 1. The summed E-state index contributed by atoms with van der Waals surface area (Å²) in [7, 11) is 0. The predicted molar refractivity (Wildman–Crippen MR) is 61.9 cm³/mol. The number of carbonyl (C=O) groups excluding carboxylic acids is 1. The van der Waals surface area contributed by atoms with Gasteiger partial charge in [-0.2, -0.15) is 0 Å². The third-order valence-electron chi connectivity index (χ3n) is 1.44. The number of nitrogens with one attached hydrogen (secondary N) is 2. The van der Waals surface area contributed by atoms with Gasteiger partial charge in [-0.25, -0.2) is 4.79 Å². The van der Waals surface area contributed by atoms with Crippen molar-refractivity contribution in [3.05, 3.63) is 27.8 Å². The van der Waals surface area contributed by atoms with Gasteiger partial charge in [0, 0.05) is 15.8 Å². The van der Waals surface area contributed by atoms with E-state index in [0.29, 0.717) is 6.54 Å². The van der Waals surface area contributed by atoms with E-state index in [1.807, 2.05) is 31.2 Å². The van der Waals surface area contributed by atoms with Gasteiger partial charge in [-0.15, -0.1) is 0 Å². The first-order chi connectivity index (χ1) is 6.22. The first kappa shape index (κ1) is 10.3. The molecule has 0 heterocycles. The fourth-order valence-corrected chi connectivity index (χ4v) is 1.23. The first-order valence-electron chi connectivity index (χ1n) is 4.03. The minimum atomic E-state index is -0.163. The van der Waals surface area contributed by atoms with E-state index < -0.39 is 0 Å². The second-order valence-electron chi connectivity index (χ2n) is 2.49. The molecule has 13 heavy (non-hydrogen) atoms. The fourth-order valence-electron chi connectivity index (χ4n) is 0.869. The number of anilines is 1. The van der Waals surface area contributed by atoms with Crippen LogP contribution in [0.3, 0.4) is 0 Å². The molecule has 2 N–H and O–H groups in total. The summed E-state index contributed by atoms with van der Waals surface area (Å²) in [5, 5.41) is 5.37. The summed E-state index contributed by atoms with van der Waals surface area (Å²) in [5.41, 5.74) is 0.811. The van der Waals surface area contributed by atoms with E-state index in [0.717, 1.165) is 9.26 Å². The van der Waals surface area contributed by atoms with E-state index in [1.54, 1.807) is 0 Å². The van der Waals surface area contributed by atoms with E-state index in [2.05, 4.69) is 33.2 Å². The average Bonchev–Trinajstić information content (AvgIpc) is 2.09. The smallest absolute Gasteiger partial charge is 0.319 e. The molecule has 70 valence electrons. The van der Waals surface area contributed by atoms with Crippen LogP contribution < -0.4 is 10.6 Å². The molecule has 1 aromatic rings. The molecule has 0 aliphatic rings. The van der Waals surface area contributed by atoms with Gasteiger partial charge < -0.3 is 10.6 Å². The van der Waals surface area contributed by atoms with Crippen molar-refractivity contribution in [3.63, 3.8) is 0 Å². The normalized spacial score (nSPS) is 9.38. The van der Waals surface area contributed by atoms with E-state index in [9.17, 15) is 4.79 Å². The minimum absolute atomic E-state index is 0.163. The molecule has 0 saturated carbocycles. The molecule has 0 unspecified atom stereocenters. The zero-order chi connectivity index (χ0) is 9.68. The Kier molecular flexibility index (Phi) is 4.01. The Morgan fingerprint density at radius 2 is 2.00 bits per heavy atom. The second-order valence-corrected chi connectivity index (χ2v) is 3.74. The monoisotopic (exact) mass is 290 g/mol. The lowest BCUT2D eigenvalue weighted by Crippen LogP contribution is -2.28. The van der Waals surface area contributed by atoms with Crippen LogP contribution in [-0.4, -0.2) is 12.6 Å². The molecule has 0 atom stereocenters. The molecule has 0 fully saturated rings. The largest absolute Gasteiger partial charge is 0.338 e. The molecule has 0 bridgehead atoms. The molecular formula is C9H11IN2O. The first-order valence-corrected chi connectivity index (χ1v) is 5.10. The van der Waals surface area contributed by atoms with Crippen LogP contribution in [0.4, 0.5) is 10.5 Å². The van der Waals surface area contributed by atoms with Crippen molar-refractivity contribution in [1.82, 2.24) is 5.32 Å². The lowest BCUT2D eigenvalue weighted by atomic mass is 10.3. The topological polar surface area (TPSA) is 41.1 Å². The molecule has 0 aliphatic carbocycles. The highest BCUT2D eigenvalue weighted by Gasteiger charge is 1.97. The Balaban J connectivity index is 2.54. The Morgan fingerprint density at radius 3 is 2.54 bits per heavy atom. The highest BCUT2D eigenvalue weighted by Crippen LogP contribution is 2.10. The zero-order valence-corrected chi connectivity index (χ0v) is 9.46. The Bertz CT molecular complexity index is 284. The van der Waals surface area contributed by atoms with Crippen molar-refractivity contribution in [2.75, 3.05) is 11.9 Å². The number of halogens is 1. The molecule has 0 spiro atoms. The summed E-state index contributed by atoms with van der Waals surface area (Å²) in [6, 6.07) is 7.47. The third kappa shape index (κ3) is 3.63. The predicted octanol–water partition coefficient (Wildman–Crippen LogP) is 2.43. The number of urea groups is 1. The SMILES string of the molecule is CCNC(=O)Nc1ccc(I)cc1. The van der Waals surface area contributed by atoms with Gasteiger partial charge in [0.25, 0.3) is 0 Å². The highest BCUT2D eigenvalue weighted by atomic mass is 127. The Labute approximate surface area is 91.0 Å². The number of hydrogen-bond donors (Lipinski definition) is 2. The van der Waals surface area contributed by atoms with E-state index in [4.69, 9.17) is 0 Å². The number of hydrogen-bond acceptors (Lipinski definition) is 1. The van der Waals surface area contributed by atoms with Crippen LogP contribution >= 0.6 is 22.6 Å². The van der Waals surface area contributed by atoms with Gasteiger partial charge in [-0.3, -0.25) is 0 Å². The van der Waals surface area contributed by atoms with Crippen LogP contribution in [0.1, 0.15) is 6.92 Å². The fraction of sp³-hybridized carbons (Fsp3) is 0.222. The van der Waals surface area contributed by atoms with Crippen molar-refractivity contribution in [3.8, 4) is 0 Å². The molecule has 4 heteroatoms. The summed E-state index contributed by atoms with van der Waals surface area (Å²) < 4.78 is 1.15. The Hall–Kier alpha value is -0.780. The third-order valence-corrected chi connectivity index (χ3v) is 2.16. The summed E-state index contributed by atoms with van der Waals surface area (Å²) in [5.74, 6) is 0. The number of benzene rings is 1. The van der Waals surface area contributed by atoms with Crippen molar-refractivity contribution < 1.29 is 4.79 Å². The standard InChI is InChI=1S/C9H11IN2O/c1-2-11-9(13)12-8-5-3-7(10)4-6-8/h3-6H,2H2,1H3,(H2,11,12,13). The number of rotatable bonds is 2. The molecular weight excluding hydrogens is 279 g/mol. The van der Waals surface area contributed by atoms with Gasteiger partial charge in [0.2, 0.25) is 0 Å². The molecule has 0 aliphatic heterocycles. The zero-order valence-electron chi connectivity index (χ0n) is 7.30.